The van der Waals surface area contributed by atoms with Crippen molar-refractivity contribution in [2.75, 3.05) is 0 Å². The Kier molecular flexibility index (Phi) is 6.96. The van der Waals surface area contributed by atoms with Crippen LogP contribution in [0.5, 0.6) is 5.75 Å². The van der Waals surface area contributed by atoms with Gasteiger partial charge in [-0.15, -0.1) is 0 Å². The van der Waals surface area contributed by atoms with Crippen LogP contribution in [-0.2, 0) is 4.79 Å². The van der Waals surface area contributed by atoms with E-state index >= 15 is 0 Å². The fraction of sp³-hybridized carbons (Fsp3) is 0.478. The maximum Gasteiger partial charge on any atom is 0.308 e. The summed E-state index contributed by atoms with van der Waals surface area (Å²) < 4.78 is 5.18. The molecule has 0 amide bonds. The van der Waals surface area contributed by atoms with E-state index in [0.717, 1.165) is 19.3 Å². The third-order valence-corrected chi connectivity index (χ3v) is 4.71. The highest BCUT2D eigenvalue weighted by atomic mass is 16.5. The topological polar surface area (TPSA) is 39.2 Å². The van der Waals surface area contributed by atoms with E-state index in [0.29, 0.717) is 17.6 Å². The lowest BCUT2D eigenvalue weighted by atomic mass is 9.76. The summed E-state index contributed by atoms with van der Waals surface area (Å²) in [6.45, 7) is 10.6. The Labute approximate surface area is 157 Å². The lowest BCUT2D eigenvalue weighted by molar-refractivity contribution is -0.131. The molecule has 0 fully saturated rings. The average molecular weight is 354 g/mol. The summed E-state index contributed by atoms with van der Waals surface area (Å²) in [7, 11) is 0. The summed E-state index contributed by atoms with van der Waals surface area (Å²) >= 11 is 0. The second-order valence-electron chi connectivity index (χ2n) is 8.25. The molecule has 0 radical (unpaired) electrons. The van der Waals surface area contributed by atoms with Gasteiger partial charge in [-0.05, 0) is 71.9 Å². The lowest BCUT2D eigenvalue weighted by Gasteiger charge is -2.29. The minimum Gasteiger partial charge on any atom is -0.427 e. The molecule has 0 aliphatic heterocycles. The third-order valence-electron chi connectivity index (χ3n) is 4.71. The van der Waals surface area contributed by atoms with Gasteiger partial charge in [-0.2, -0.15) is 0 Å². The molecule has 2 atom stereocenters. The first-order chi connectivity index (χ1) is 12.3. The van der Waals surface area contributed by atoms with Crippen molar-refractivity contribution in [1.29, 1.82) is 0 Å². The normalized spacial score (nSPS) is 13.9. The Balaban J connectivity index is 2.23. The molecule has 1 heterocycles. The molecule has 140 valence electrons. The molecule has 3 nitrogen and oxygen atoms in total. The summed E-state index contributed by atoms with van der Waals surface area (Å²) in [5.74, 6) is 1.29. The molecule has 0 aliphatic carbocycles. The zero-order valence-corrected chi connectivity index (χ0v) is 16.7. The predicted molar refractivity (Wildman–Crippen MR) is 106 cm³/mol. The van der Waals surface area contributed by atoms with Gasteiger partial charge in [0.2, 0.25) is 0 Å². The molecule has 0 saturated heterocycles. The van der Waals surface area contributed by atoms with E-state index in [1.807, 2.05) is 24.5 Å². The van der Waals surface area contributed by atoms with Gasteiger partial charge in [0.15, 0.2) is 0 Å². The standard InChI is InChI=1S/C23H31NO2/c1-6-18(20-11-13-24-14-12-20)15-21(16-23(3,4)5)19-7-9-22(10-8-19)26-17(2)25/h7-14,18,21H,6,15-16H2,1-5H3. The second kappa shape index (κ2) is 8.98. The molecule has 1 aromatic carbocycles. The van der Waals surface area contributed by atoms with Gasteiger partial charge in [0, 0.05) is 19.3 Å². The number of esters is 1. The molecule has 1 aromatic heterocycles. The molecular formula is C23H31NO2. The van der Waals surface area contributed by atoms with E-state index in [4.69, 9.17) is 4.74 Å². The van der Waals surface area contributed by atoms with Crippen molar-refractivity contribution < 1.29 is 9.53 Å². The van der Waals surface area contributed by atoms with Crippen molar-refractivity contribution in [1.82, 2.24) is 4.98 Å². The van der Waals surface area contributed by atoms with Crippen LogP contribution in [0.4, 0.5) is 0 Å². The van der Waals surface area contributed by atoms with Crippen LogP contribution in [0.2, 0.25) is 0 Å². The van der Waals surface area contributed by atoms with Gasteiger partial charge in [0.05, 0.1) is 0 Å². The van der Waals surface area contributed by atoms with Crippen LogP contribution >= 0.6 is 0 Å². The number of benzene rings is 1. The Morgan fingerprint density at radius 2 is 1.58 bits per heavy atom. The van der Waals surface area contributed by atoms with E-state index in [1.165, 1.54) is 18.1 Å². The highest BCUT2D eigenvalue weighted by Gasteiger charge is 2.24. The van der Waals surface area contributed by atoms with Gasteiger partial charge in [-0.3, -0.25) is 9.78 Å². The number of rotatable bonds is 7. The minimum atomic E-state index is -0.285. The van der Waals surface area contributed by atoms with Gasteiger partial charge >= 0.3 is 5.97 Å². The quantitative estimate of drug-likeness (QED) is 0.445. The molecule has 26 heavy (non-hydrogen) atoms. The number of aromatic nitrogens is 1. The van der Waals surface area contributed by atoms with E-state index in [-0.39, 0.29) is 11.4 Å². The van der Waals surface area contributed by atoms with Crippen molar-refractivity contribution in [3.05, 3.63) is 59.9 Å². The van der Waals surface area contributed by atoms with Crippen LogP contribution in [0, 0.1) is 5.41 Å². The minimum absolute atomic E-state index is 0.246. The first-order valence-electron chi connectivity index (χ1n) is 9.47. The molecule has 0 bridgehead atoms. The fourth-order valence-corrected chi connectivity index (χ4v) is 3.57. The molecule has 0 N–H and O–H groups in total. The van der Waals surface area contributed by atoms with Gasteiger partial charge in [-0.25, -0.2) is 0 Å². The van der Waals surface area contributed by atoms with Crippen molar-refractivity contribution in [2.24, 2.45) is 5.41 Å². The van der Waals surface area contributed by atoms with E-state index in [9.17, 15) is 4.79 Å². The Morgan fingerprint density at radius 1 is 1.00 bits per heavy atom. The monoisotopic (exact) mass is 353 g/mol. The van der Waals surface area contributed by atoms with Gasteiger partial charge in [-0.1, -0.05) is 39.8 Å². The molecule has 2 aromatic rings. The zero-order valence-electron chi connectivity index (χ0n) is 16.7. The van der Waals surface area contributed by atoms with Gasteiger partial charge in [0.25, 0.3) is 0 Å². The van der Waals surface area contributed by atoms with Crippen molar-refractivity contribution in [3.63, 3.8) is 0 Å². The largest absolute Gasteiger partial charge is 0.427 e. The molecule has 0 aliphatic rings. The van der Waals surface area contributed by atoms with Crippen LogP contribution in [0.25, 0.3) is 0 Å². The van der Waals surface area contributed by atoms with Crippen molar-refractivity contribution in [2.45, 2.75) is 65.7 Å². The van der Waals surface area contributed by atoms with Gasteiger partial charge in [0.1, 0.15) is 5.75 Å². The number of carbonyl (C=O) groups excluding carboxylic acids is 1. The first-order valence-corrected chi connectivity index (χ1v) is 9.47. The summed E-state index contributed by atoms with van der Waals surface area (Å²) in [6, 6.07) is 12.3. The molecule has 0 saturated carbocycles. The SMILES string of the molecule is CCC(CC(CC(C)(C)C)c1ccc(OC(C)=O)cc1)c1ccncc1. The Hall–Kier alpha value is -2.16. The van der Waals surface area contributed by atoms with Crippen LogP contribution in [0.1, 0.15) is 76.8 Å². The van der Waals surface area contributed by atoms with Crippen LogP contribution in [-0.4, -0.2) is 11.0 Å². The summed E-state index contributed by atoms with van der Waals surface area (Å²) in [4.78, 5) is 15.3. The molecule has 2 rings (SSSR count). The number of hydrogen-bond acceptors (Lipinski definition) is 3. The van der Waals surface area contributed by atoms with Crippen LogP contribution in [0.3, 0.4) is 0 Å². The summed E-state index contributed by atoms with van der Waals surface area (Å²) in [5, 5.41) is 0. The average Bonchev–Trinajstić information content (AvgIpc) is 2.58. The number of hydrogen-bond donors (Lipinski definition) is 0. The van der Waals surface area contributed by atoms with Crippen molar-refractivity contribution >= 4 is 5.97 Å². The number of pyridine rings is 1. The predicted octanol–water partition coefficient (Wildman–Crippen LogP) is 6.11. The van der Waals surface area contributed by atoms with E-state index < -0.39 is 0 Å². The molecular weight excluding hydrogens is 322 g/mol. The summed E-state index contributed by atoms with van der Waals surface area (Å²) in [6.07, 6.45) is 7.08. The fourth-order valence-electron chi connectivity index (χ4n) is 3.57. The van der Waals surface area contributed by atoms with E-state index in [2.05, 4.69) is 56.9 Å². The Morgan fingerprint density at radius 3 is 2.08 bits per heavy atom. The maximum atomic E-state index is 11.1. The number of nitrogens with zero attached hydrogens (tertiary/aromatic N) is 1. The number of carbonyl (C=O) groups is 1. The molecule has 2 unspecified atom stereocenters. The second-order valence-corrected chi connectivity index (χ2v) is 8.25. The first kappa shape index (κ1) is 20.2. The zero-order chi connectivity index (χ0) is 19.2. The highest BCUT2D eigenvalue weighted by molar-refractivity contribution is 5.69. The smallest absolute Gasteiger partial charge is 0.308 e. The Bertz CT molecular complexity index is 686. The third kappa shape index (κ3) is 6.29. The molecule has 3 heteroatoms. The van der Waals surface area contributed by atoms with Gasteiger partial charge < -0.3 is 4.74 Å². The number of ether oxygens (including phenoxy) is 1. The molecule has 0 spiro atoms. The van der Waals surface area contributed by atoms with Crippen molar-refractivity contribution in [3.8, 4) is 5.75 Å². The van der Waals surface area contributed by atoms with Crippen LogP contribution in [0.15, 0.2) is 48.8 Å². The summed E-state index contributed by atoms with van der Waals surface area (Å²) in [5.41, 5.74) is 2.91. The lowest BCUT2D eigenvalue weighted by Crippen LogP contribution is -2.15. The maximum absolute atomic E-state index is 11.1. The van der Waals surface area contributed by atoms with E-state index in [1.54, 1.807) is 0 Å². The van der Waals surface area contributed by atoms with Crippen LogP contribution < -0.4 is 4.74 Å². The highest BCUT2D eigenvalue weighted by Crippen LogP contribution is 2.39.